The lowest BCUT2D eigenvalue weighted by Gasteiger charge is -2.19. The highest BCUT2D eigenvalue weighted by Crippen LogP contribution is 2.27. The molecular formula is C17H12F3NO4. The molecule has 1 aliphatic rings. The SMILES string of the molecule is O=C1c2ccccc2C(=O)N1C[C@H](O)c1ccc(OC(F)(F)F)cc1. The third-order valence-corrected chi connectivity index (χ3v) is 3.73. The van der Waals surface area contributed by atoms with Crippen molar-refractivity contribution in [3.05, 3.63) is 65.2 Å². The molecule has 1 N–H and O–H groups in total. The second kappa shape index (κ2) is 6.21. The van der Waals surface area contributed by atoms with Gasteiger partial charge in [-0.05, 0) is 29.8 Å². The van der Waals surface area contributed by atoms with E-state index in [2.05, 4.69) is 4.74 Å². The van der Waals surface area contributed by atoms with Gasteiger partial charge in [0.25, 0.3) is 11.8 Å². The molecule has 0 aromatic heterocycles. The molecule has 0 bridgehead atoms. The smallest absolute Gasteiger partial charge is 0.406 e. The number of hydrogen-bond acceptors (Lipinski definition) is 4. The molecule has 8 heteroatoms. The number of halogens is 3. The predicted octanol–water partition coefficient (Wildman–Crippen LogP) is 2.91. The highest BCUT2D eigenvalue weighted by Gasteiger charge is 2.36. The van der Waals surface area contributed by atoms with Gasteiger partial charge < -0.3 is 9.84 Å². The molecule has 25 heavy (non-hydrogen) atoms. The number of carbonyl (C=O) groups excluding carboxylic acids is 2. The first-order valence-electron chi connectivity index (χ1n) is 7.25. The van der Waals surface area contributed by atoms with Crippen LogP contribution in [0.25, 0.3) is 0 Å². The van der Waals surface area contributed by atoms with E-state index in [0.29, 0.717) is 0 Å². The number of fused-ring (bicyclic) bond motifs is 1. The molecule has 3 rings (SSSR count). The van der Waals surface area contributed by atoms with Crippen LogP contribution < -0.4 is 4.74 Å². The summed E-state index contributed by atoms with van der Waals surface area (Å²) >= 11 is 0. The highest BCUT2D eigenvalue weighted by atomic mass is 19.4. The van der Waals surface area contributed by atoms with Gasteiger partial charge in [-0.2, -0.15) is 0 Å². The van der Waals surface area contributed by atoms with Gasteiger partial charge in [0.05, 0.1) is 23.8 Å². The minimum Gasteiger partial charge on any atom is -0.406 e. The number of aliphatic hydroxyl groups is 1. The van der Waals surface area contributed by atoms with E-state index in [9.17, 15) is 27.9 Å². The van der Waals surface area contributed by atoms with Gasteiger partial charge in [0.15, 0.2) is 0 Å². The second-order valence-electron chi connectivity index (χ2n) is 5.40. The first-order valence-corrected chi connectivity index (χ1v) is 7.25. The van der Waals surface area contributed by atoms with Gasteiger partial charge in [-0.15, -0.1) is 13.2 Å². The van der Waals surface area contributed by atoms with Crippen molar-refractivity contribution in [1.82, 2.24) is 4.90 Å². The molecule has 0 spiro atoms. The van der Waals surface area contributed by atoms with Gasteiger partial charge in [-0.25, -0.2) is 0 Å². The average Bonchev–Trinajstić information content (AvgIpc) is 2.79. The third kappa shape index (κ3) is 3.48. The summed E-state index contributed by atoms with van der Waals surface area (Å²) < 4.78 is 40.1. The molecule has 130 valence electrons. The largest absolute Gasteiger partial charge is 0.573 e. The molecule has 5 nitrogen and oxygen atoms in total. The van der Waals surface area contributed by atoms with Gasteiger partial charge in [0.1, 0.15) is 5.75 Å². The summed E-state index contributed by atoms with van der Waals surface area (Å²) in [6, 6.07) is 10.9. The first kappa shape index (κ1) is 17.0. The van der Waals surface area contributed by atoms with Crippen LogP contribution in [0.5, 0.6) is 5.75 Å². The van der Waals surface area contributed by atoms with Crippen molar-refractivity contribution >= 4 is 11.8 Å². The summed E-state index contributed by atoms with van der Waals surface area (Å²) in [5, 5.41) is 10.2. The fraction of sp³-hybridized carbons (Fsp3) is 0.176. The fourth-order valence-electron chi connectivity index (χ4n) is 2.57. The number of hydrogen-bond donors (Lipinski definition) is 1. The van der Waals surface area contributed by atoms with E-state index in [1.54, 1.807) is 12.1 Å². The van der Waals surface area contributed by atoms with Crippen molar-refractivity contribution < 1.29 is 32.6 Å². The molecule has 2 aromatic rings. The number of carbonyl (C=O) groups is 2. The Hall–Kier alpha value is -2.87. The predicted molar refractivity (Wildman–Crippen MR) is 79.9 cm³/mol. The van der Waals surface area contributed by atoms with Crippen LogP contribution in [0, 0.1) is 0 Å². The number of alkyl halides is 3. The van der Waals surface area contributed by atoms with Crippen molar-refractivity contribution in [2.45, 2.75) is 12.5 Å². The molecule has 1 aliphatic heterocycles. The van der Waals surface area contributed by atoms with Crippen molar-refractivity contribution in [1.29, 1.82) is 0 Å². The van der Waals surface area contributed by atoms with Crippen LogP contribution in [0.2, 0.25) is 0 Å². The molecule has 0 saturated heterocycles. The Balaban J connectivity index is 1.72. The number of amides is 2. The quantitative estimate of drug-likeness (QED) is 0.860. The van der Waals surface area contributed by atoms with Crippen LogP contribution in [0.15, 0.2) is 48.5 Å². The molecule has 1 heterocycles. The number of aliphatic hydroxyl groups excluding tert-OH is 1. The summed E-state index contributed by atoms with van der Waals surface area (Å²) in [5.41, 5.74) is 0.772. The Morgan fingerprint density at radius 1 is 0.960 bits per heavy atom. The molecule has 2 aromatic carbocycles. The topological polar surface area (TPSA) is 66.8 Å². The maximum Gasteiger partial charge on any atom is 0.573 e. The molecule has 1 atom stereocenters. The van der Waals surface area contributed by atoms with Crippen LogP contribution in [-0.2, 0) is 0 Å². The van der Waals surface area contributed by atoms with Crippen LogP contribution in [-0.4, -0.2) is 34.7 Å². The molecule has 0 aliphatic carbocycles. The maximum absolute atomic E-state index is 12.2. The van der Waals surface area contributed by atoms with Gasteiger partial charge in [0.2, 0.25) is 0 Å². The normalized spacial score (nSPS) is 15.3. The van der Waals surface area contributed by atoms with Crippen LogP contribution >= 0.6 is 0 Å². The summed E-state index contributed by atoms with van der Waals surface area (Å²) in [6.07, 6.45) is -6.04. The number of benzene rings is 2. The maximum atomic E-state index is 12.2. The summed E-state index contributed by atoms with van der Waals surface area (Å²) in [5.74, 6) is -1.46. The Bertz CT molecular complexity index is 782. The zero-order chi connectivity index (χ0) is 18.2. The Kier molecular flexibility index (Phi) is 4.22. The molecule has 0 fully saturated rings. The van der Waals surface area contributed by atoms with E-state index in [1.165, 1.54) is 24.3 Å². The summed E-state index contributed by atoms with van der Waals surface area (Å²) in [7, 11) is 0. The van der Waals surface area contributed by atoms with E-state index in [1.807, 2.05) is 0 Å². The molecule has 2 amide bonds. The van der Waals surface area contributed by atoms with E-state index < -0.39 is 30.0 Å². The second-order valence-corrected chi connectivity index (χ2v) is 5.40. The van der Waals surface area contributed by atoms with Crippen molar-refractivity contribution in [3.8, 4) is 5.75 Å². The molecule has 0 saturated carbocycles. The van der Waals surface area contributed by atoms with Gasteiger partial charge in [-0.1, -0.05) is 24.3 Å². The minimum atomic E-state index is -4.81. The van der Waals surface area contributed by atoms with Crippen molar-refractivity contribution in [3.63, 3.8) is 0 Å². The van der Waals surface area contributed by atoms with Crippen LogP contribution in [0.1, 0.15) is 32.4 Å². The van der Waals surface area contributed by atoms with Crippen molar-refractivity contribution in [2.75, 3.05) is 6.54 Å². The van der Waals surface area contributed by atoms with Gasteiger partial charge >= 0.3 is 6.36 Å². The Morgan fingerprint density at radius 2 is 1.48 bits per heavy atom. The highest BCUT2D eigenvalue weighted by molar-refractivity contribution is 6.21. The lowest BCUT2D eigenvalue weighted by molar-refractivity contribution is -0.274. The monoisotopic (exact) mass is 351 g/mol. The van der Waals surface area contributed by atoms with E-state index in [0.717, 1.165) is 17.0 Å². The Labute approximate surface area is 140 Å². The van der Waals surface area contributed by atoms with Crippen molar-refractivity contribution in [2.24, 2.45) is 0 Å². The Morgan fingerprint density at radius 3 is 1.96 bits per heavy atom. The fourth-order valence-corrected chi connectivity index (χ4v) is 2.57. The molecule has 0 radical (unpaired) electrons. The van der Waals surface area contributed by atoms with Crippen LogP contribution in [0.3, 0.4) is 0 Å². The number of β-amino-alcohol motifs (C(OH)–C–C–N with tert-alkyl or cyclic N) is 1. The zero-order valence-corrected chi connectivity index (χ0v) is 12.7. The zero-order valence-electron chi connectivity index (χ0n) is 12.7. The number of imide groups is 1. The standard InChI is InChI=1S/C17H12F3NO4/c18-17(19,20)25-11-7-5-10(6-8-11)14(22)9-21-15(23)12-3-1-2-4-13(12)16(21)24/h1-8,14,22H,9H2/t14-/m0/s1. The first-order chi connectivity index (χ1) is 11.8. The van der Waals surface area contributed by atoms with Crippen LogP contribution in [0.4, 0.5) is 13.2 Å². The lowest BCUT2D eigenvalue weighted by Crippen LogP contribution is -2.33. The number of nitrogens with zero attached hydrogens (tertiary/aromatic N) is 1. The average molecular weight is 351 g/mol. The van der Waals surface area contributed by atoms with E-state index >= 15 is 0 Å². The van der Waals surface area contributed by atoms with Gasteiger partial charge in [0, 0.05) is 0 Å². The van der Waals surface area contributed by atoms with Gasteiger partial charge in [-0.3, -0.25) is 14.5 Å². The van der Waals surface area contributed by atoms with E-state index in [4.69, 9.17) is 0 Å². The molecule has 0 unspecified atom stereocenters. The molecular weight excluding hydrogens is 339 g/mol. The third-order valence-electron chi connectivity index (χ3n) is 3.73. The van der Waals surface area contributed by atoms with E-state index in [-0.39, 0.29) is 23.2 Å². The minimum absolute atomic E-state index is 0.256. The number of ether oxygens (including phenoxy) is 1. The number of rotatable bonds is 4. The summed E-state index contributed by atoms with van der Waals surface area (Å²) in [4.78, 5) is 25.4. The summed E-state index contributed by atoms with van der Waals surface area (Å²) in [6.45, 7) is -0.300. The lowest BCUT2D eigenvalue weighted by atomic mass is 10.1.